The zero-order valence-corrected chi connectivity index (χ0v) is 17.0. The molecule has 1 atom stereocenters. The SMILES string of the molecule is CCc1c(NC(=O)c2ccc3c(c2)CC(C)NC3)c(=O)n(-c2ccccc2)n1C. The van der Waals surface area contributed by atoms with Crippen LogP contribution < -0.4 is 16.2 Å². The predicted molar refractivity (Wildman–Crippen MR) is 115 cm³/mol. The van der Waals surface area contributed by atoms with Gasteiger partial charge in [-0.1, -0.05) is 31.2 Å². The van der Waals surface area contributed by atoms with Gasteiger partial charge in [0.15, 0.2) is 0 Å². The minimum Gasteiger partial charge on any atom is -0.316 e. The number of rotatable bonds is 4. The standard InChI is InChI=1S/C23H26N4O2/c1-4-20-21(23(29)27(26(20)3)19-8-6-5-7-9-19)25-22(28)16-10-11-17-14-24-15(2)12-18(17)13-16/h5-11,13,15,24H,4,12,14H2,1-3H3,(H,25,28). The Bertz CT molecular complexity index is 1110. The van der Waals surface area contributed by atoms with Crippen molar-refractivity contribution in [2.24, 2.45) is 7.05 Å². The lowest BCUT2D eigenvalue weighted by Crippen LogP contribution is -2.33. The van der Waals surface area contributed by atoms with Crippen molar-refractivity contribution in [2.45, 2.75) is 39.3 Å². The number of anilines is 1. The highest BCUT2D eigenvalue weighted by molar-refractivity contribution is 6.04. The predicted octanol–water partition coefficient (Wildman–Crippen LogP) is 3.02. The molecule has 0 aliphatic carbocycles. The van der Waals surface area contributed by atoms with Gasteiger partial charge in [-0.15, -0.1) is 0 Å². The summed E-state index contributed by atoms with van der Waals surface area (Å²) in [6.07, 6.45) is 1.53. The summed E-state index contributed by atoms with van der Waals surface area (Å²) in [5.74, 6) is -0.253. The van der Waals surface area contributed by atoms with Crippen molar-refractivity contribution < 1.29 is 4.79 Å². The van der Waals surface area contributed by atoms with Gasteiger partial charge in [-0.3, -0.25) is 14.3 Å². The van der Waals surface area contributed by atoms with E-state index in [1.807, 2.05) is 67.2 Å². The fourth-order valence-corrected chi connectivity index (χ4v) is 4.04. The van der Waals surface area contributed by atoms with Gasteiger partial charge in [-0.05, 0) is 55.2 Å². The lowest BCUT2D eigenvalue weighted by atomic mass is 9.94. The molecule has 1 unspecified atom stereocenters. The number of benzene rings is 2. The van der Waals surface area contributed by atoms with Crippen LogP contribution in [0.2, 0.25) is 0 Å². The normalized spacial score (nSPS) is 15.8. The third kappa shape index (κ3) is 3.51. The maximum absolute atomic E-state index is 13.1. The zero-order valence-electron chi connectivity index (χ0n) is 17.0. The molecule has 1 aromatic heterocycles. The molecule has 3 aromatic rings. The molecule has 29 heavy (non-hydrogen) atoms. The number of hydrogen-bond donors (Lipinski definition) is 2. The van der Waals surface area contributed by atoms with Crippen LogP contribution in [0.15, 0.2) is 53.3 Å². The molecule has 2 aromatic carbocycles. The summed E-state index contributed by atoms with van der Waals surface area (Å²) in [5.41, 5.74) is 4.67. The number of para-hydroxylation sites is 1. The average molecular weight is 390 g/mol. The number of fused-ring (bicyclic) bond motifs is 1. The molecule has 1 aliphatic rings. The van der Waals surface area contributed by atoms with E-state index in [1.165, 1.54) is 11.1 Å². The lowest BCUT2D eigenvalue weighted by molar-refractivity contribution is 0.102. The largest absolute Gasteiger partial charge is 0.316 e. The number of hydrogen-bond acceptors (Lipinski definition) is 3. The van der Waals surface area contributed by atoms with E-state index in [0.29, 0.717) is 23.7 Å². The van der Waals surface area contributed by atoms with E-state index in [0.717, 1.165) is 24.3 Å². The van der Waals surface area contributed by atoms with Gasteiger partial charge >= 0.3 is 0 Å². The molecule has 1 amide bonds. The molecule has 0 radical (unpaired) electrons. The summed E-state index contributed by atoms with van der Waals surface area (Å²) in [4.78, 5) is 26.1. The number of amides is 1. The van der Waals surface area contributed by atoms with Crippen LogP contribution in [0.5, 0.6) is 0 Å². The summed E-state index contributed by atoms with van der Waals surface area (Å²) in [5, 5.41) is 6.31. The number of nitrogens with zero attached hydrogens (tertiary/aromatic N) is 2. The van der Waals surface area contributed by atoms with Crippen molar-refractivity contribution in [3.05, 3.63) is 81.3 Å². The molecular weight excluding hydrogens is 364 g/mol. The maximum Gasteiger partial charge on any atom is 0.295 e. The van der Waals surface area contributed by atoms with E-state index in [9.17, 15) is 9.59 Å². The second-order valence-electron chi connectivity index (χ2n) is 7.58. The van der Waals surface area contributed by atoms with Crippen molar-refractivity contribution in [3.63, 3.8) is 0 Å². The zero-order chi connectivity index (χ0) is 20.5. The van der Waals surface area contributed by atoms with Gasteiger partial charge in [0.05, 0.1) is 11.4 Å². The molecule has 0 saturated heterocycles. The van der Waals surface area contributed by atoms with Crippen molar-refractivity contribution in [1.82, 2.24) is 14.7 Å². The Labute approximate surface area is 170 Å². The van der Waals surface area contributed by atoms with Crippen LogP contribution in [0.4, 0.5) is 5.69 Å². The quantitative estimate of drug-likeness (QED) is 0.720. The van der Waals surface area contributed by atoms with Crippen molar-refractivity contribution >= 4 is 11.6 Å². The first kappa shape index (κ1) is 19.2. The van der Waals surface area contributed by atoms with E-state index in [-0.39, 0.29) is 11.5 Å². The Morgan fingerprint density at radius 1 is 1.17 bits per heavy atom. The molecule has 2 N–H and O–H groups in total. The molecule has 6 nitrogen and oxygen atoms in total. The van der Waals surface area contributed by atoms with Crippen LogP contribution in [-0.2, 0) is 26.4 Å². The molecule has 0 bridgehead atoms. The third-order valence-corrected chi connectivity index (χ3v) is 5.60. The fourth-order valence-electron chi connectivity index (χ4n) is 4.04. The summed E-state index contributed by atoms with van der Waals surface area (Å²) in [6.45, 7) is 4.94. The van der Waals surface area contributed by atoms with Gasteiger partial charge in [-0.2, -0.15) is 0 Å². The second kappa shape index (κ2) is 7.72. The average Bonchev–Trinajstić information content (AvgIpc) is 2.96. The van der Waals surface area contributed by atoms with Gasteiger partial charge in [0.25, 0.3) is 11.5 Å². The molecule has 2 heterocycles. The van der Waals surface area contributed by atoms with E-state index >= 15 is 0 Å². The van der Waals surface area contributed by atoms with E-state index in [4.69, 9.17) is 0 Å². The van der Waals surface area contributed by atoms with Crippen LogP contribution >= 0.6 is 0 Å². The Kier molecular flexibility index (Phi) is 5.11. The molecular formula is C23H26N4O2. The lowest BCUT2D eigenvalue weighted by Gasteiger charge is -2.23. The Morgan fingerprint density at radius 3 is 2.66 bits per heavy atom. The molecule has 0 saturated carbocycles. The second-order valence-corrected chi connectivity index (χ2v) is 7.58. The maximum atomic E-state index is 13.1. The first-order valence-corrected chi connectivity index (χ1v) is 10.0. The number of carbonyl (C=O) groups excluding carboxylic acids is 1. The summed E-state index contributed by atoms with van der Waals surface area (Å²) >= 11 is 0. The molecule has 0 fully saturated rings. The highest BCUT2D eigenvalue weighted by Gasteiger charge is 2.21. The van der Waals surface area contributed by atoms with Crippen LogP contribution in [-0.4, -0.2) is 21.3 Å². The number of nitrogens with one attached hydrogen (secondary N) is 2. The summed E-state index contributed by atoms with van der Waals surface area (Å²) in [6, 6.07) is 15.6. The van der Waals surface area contributed by atoms with Gasteiger partial charge in [0.2, 0.25) is 0 Å². The van der Waals surface area contributed by atoms with E-state index in [2.05, 4.69) is 17.6 Å². The van der Waals surface area contributed by atoms with Gasteiger partial charge in [-0.25, -0.2) is 4.68 Å². The van der Waals surface area contributed by atoms with Crippen molar-refractivity contribution in [1.29, 1.82) is 0 Å². The smallest absolute Gasteiger partial charge is 0.295 e. The Hall–Kier alpha value is -3.12. The summed E-state index contributed by atoms with van der Waals surface area (Å²) in [7, 11) is 1.84. The van der Waals surface area contributed by atoms with Gasteiger partial charge < -0.3 is 10.6 Å². The van der Waals surface area contributed by atoms with Gasteiger partial charge in [0.1, 0.15) is 5.69 Å². The highest BCUT2D eigenvalue weighted by atomic mass is 16.2. The van der Waals surface area contributed by atoms with Gasteiger partial charge in [0, 0.05) is 25.2 Å². The topological polar surface area (TPSA) is 68.1 Å². The van der Waals surface area contributed by atoms with E-state index in [1.54, 1.807) is 4.68 Å². The molecule has 1 aliphatic heterocycles. The number of carbonyl (C=O) groups is 1. The molecule has 6 heteroatoms. The third-order valence-electron chi connectivity index (χ3n) is 5.60. The van der Waals surface area contributed by atoms with Crippen molar-refractivity contribution in [2.75, 3.05) is 5.32 Å². The molecule has 4 rings (SSSR count). The monoisotopic (exact) mass is 390 g/mol. The summed E-state index contributed by atoms with van der Waals surface area (Å²) < 4.78 is 3.40. The minimum absolute atomic E-state index is 0.223. The van der Waals surface area contributed by atoms with Crippen molar-refractivity contribution in [3.8, 4) is 5.69 Å². The van der Waals surface area contributed by atoms with E-state index < -0.39 is 0 Å². The molecule has 0 spiro atoms. The fraction of sp³-hybridized carbons (Fsp3) is 0.304. The highest BCUT2D eigenvalue weighted by Crippen LogP contribution is 2.21. The molecule has 150 valence electrons. The Morgan fingerprint density at radius 2 is 1.93 bits per heavy atom. The number of aromatic nitrogens is 2. The first-order valence-electron chi connectivity index (χ1n) is 10.0. The van der Waals surface area contributed by atoms with Crippen LogP contribution in [0, 0.1) is 0 Å². The van der Waals surface area contributed by atoms with Crippen LogP contribution in [0.3, 0.4) is 0 Å². The minimum atomic E-state index is -0.253. The Balaban J connectivity index is 1.69. The first-order chi connectivity index (χ1) is 14.0. The van der Waals surface area contributed by atoms with Crippen LogP contribution in [0.25, 0.3) is 5.69 Å². The van der Waals surface area contributed by atoms with Crippen LogP contribution in [0.1, 0.15) is 41.0 Å².